The lowest BCUT2D eigenvalue weighted by molar-refractivity contribution is -0.134. The van der Waals surface area contributed by atoms with Crippen LogP contribution in [0.4, 0.5) is 0 Å². The summed E-state index contributed by atoms with van der Waals surface area (Å²) in [6.07, 6.45) is 3.24. The number of carboxylic acids is 2. The Morgan fingerprint density at radius 3 is 2.47 bits per heavy atom. The molecule has 2 heterocycles. The zero-order valence-electron chi connectivity index (χ0n) is 17.6. The van der Waals surface area contributed by atoms with Crippen LogP contribution < -0.4 is 10.1 Å². The second kappa shape index (κ2) is 11.2. The Hall–Kier alpha value is -3.13. The number of amidine groups is 1. The number of rotatable bonds is 7. The maximum atomic E-state index is 9.55. The van der Waals surface area contributed by atoms with E-state index in [1.165, 1.54) is 22.3 Å². The summed E-state index contributed by atoms with van der Waals surface area (Å²) in [6.45, 7) is 11.7. The van der Waals surface area contributed by atoms with Crippen LogP contribution in [0.1, 0.15) is 30.5 Å². The molecule has 1 aromatic carbocycles. The molecule has 0 unspecified atom stereocenters. The van der Waals surface area contributed by atoms with E-state index >= 15 is 0 Å². The molecule has 3 rings (SSSR count). The van der Waals surface area contributed by atoms with E-state index in [1.807, 2.05) is 0 Å². The van der Waals surface area contributed by atoms with Gasteiger partial charge in [-0.25, -0.2) is 9.59 Å². The predicted octanol–water partition coefficient (Wildman–Crippen LogP) is 2.37. The first-order valence-corrected chi connectivity index (χ1v) is 9.76. The Morgan fingerprint density at radius 2 is 1.90 bits per heavy atom. The lowest BCUT2D eigenvalue weighted by Crippen LogP contribution is -2.31. The number of nitrogens with zero attached hydrogens (tertiary/aromatic N) is 2. The van der Waals surface area contributed by atoms with Crippen molar-refractivity contribution in [2.24, 2.45) is 4.99 Å². The molecule has 0 atom stereocenters. The van der Waals surface area contributed by atoms with Gasteiger partial charge in [0.15, 0.2) is 0 Å². The minimum Gasteiger partial charge on any atom is -0.489 e. The van der Waals surface area contributed by atoms with Crippen molar-refractivity contribution < 1.29 is 24.5 Å². The highest BCUT2D eigenvalue weighted by atomic mass is 16.5. The van der Waals surface area contributed by atoms with Crippen LogP contribution in [0.3, 0.4) is 0 Å². The highest BCUT2D eigenvalue weighted by molar-refractivity contribution is 5.89. The molecule has 0 aromatic heterocycles. The number of benzene rings is 1. The monoisotopic (exact) mass is 415 g/mol. The van der Waals surface area contributed by atoms with Gasteiger partial charge >= 0.3 is 11.9 Å². The molecule has 0 saturated carbocycles. The average molecular weight is 415 g/mol. The van der Waals surface area contributed by atoms with Crippen LogP contribution in [0.5, 0.6) is 5.75 Å². The van der Waals surface area contributed by atoms with Crippen molar-refractivity contribution in [2.45, 2.75) is 33.9 Å². The number of hydrogen-bond donors (Lipinski definition) is 3. The van der Waals surface area contributed by atoms with Gasteiger partial charge in [0.1, 0.15) is 18.2 Å². The number of allylic oxidation sites excluding steroid dienone is 1. The molecule has 0 bridgehead atoms. The SMILES string of the molecule is CC(C)=CCOc1cc(C)cc2c1CN(CC1=NCCN1)C2.O=C(O)/C=C\C(=O)O. The second-order valence-electron chi connectivity index (χ2n) is 7.40. The molecule has 0 saturated heterocycles. The van der Waals surface area contributed by atoms with Gasteiger partial charge in [0.2, 0.25) is 0 Å². The molecule has 0 spiro atoms. The normalized spacial score (nSPS) is 15.0. The molecule has 8 nitrogen and oxygen atoms in total. The van der Waals surface area contributed by atoms with Gasteiger partial charge < -0.3 is 20.3 Å². The molecule has 30 heavy (non-hydrogen) atoms. The van der Waals surface area contributed by atoms with E-state index in [1.54, 1.807) is 0 Å². The Balaban J connectivity index is 0.000000343. The molecule has 2 aliphatic rings. The summed E-state index contributed by atoms with van der Waals surface area (Å²) in [5.41, 5.74) is 5.29. The van der Waals surface area contributed by atoms with Crippen LogP contribution in [0, 0.1) is 6.92 Å². The fourth-order valence-electron chi connectivity index (χ4n) is 3.14. The Labute approximate surface area is 176 Å². The van der Waals surface area contributed by atoms with E-state index in [0.29, 0.717) is 18.8 Å². The molecular formula is C22H29N3O5. The molecule has 0 fully saturated rings. The summed E-state index contributed by atoms with van der Waals surface area (Å²) in [7, 11) is 0. The van der Waals surface area contributed by atoms with Gasteiger partial charge in [0.05, 0.1) is 13.1 Å². The van der Waals surface area contributed by atoms with Crippen molar-refractivity contribution in [2.75, 3.05) is 26.2 Å². The lowest BCUT2D eigenvalue weighted by Gasteiger charge is -2.15. The van der Waals surface area contributed by atoms with Gasteiger partial charge in [0, 0.05) is 37.3 Å². The standard InChI is InChI=1S/C18H25N3O.C4H4O4/c1-13(2)4-7-22-17-9-14(3)8-15-10-21(11-16(15)17)12-18-19-5-6-20-18;5-3(6)1-2-4(7)8/h4,8-9H,5-7,10-12H2,1-3H3,(H,19,20);1-2H,(H,5,6)(H,7,8)/b;2-1-. The van der Waals surface area contributed by atoms with Gasteiger partial charge in [-0.15, -0.1) is 0 Å². The van der Waals surface area contributed by atoms with Gasteiger partial charge in [-0.2, -0.15) is 0 Å². The molecule has 8 heteroatoms. The minimum absolute atomic E-state index is 0.558. The number of carboxylic acid groups (broad SMARTS) is 2. The number of fused-ring (bicyclic) bond motifs is 1. The van der Waals surface area contributed by atoms with Gasteiger partial charge in [-0.05, 0) is 44.0 Å². The van der Waals surface area contributed by atoms with Crippen LogP contribution in [0.15, 0.2) is 40.9 Å². The van der Waals surface area contributed by atoms with E-state index in [9.17, 15) is 9.59 Å². The first-order chi connectivity index (χ1) is 14.2. The fraction of sp³-hybridized carbons (Fsp3) is 0.409. The average Bonchev–Trinajstić information content (AvgIpc) is 3.30. The zero-order chi connectivity index (χ0) is 22.1. The van der Waals surface area contributed by atoms with Crippen molar-refractivity contribution in [3.05, 3.63) is 52.6 Å². The third kappa shape index (κ3) is 7.71. The summed E-state index contributed by atoms with van der Waals surface area (Å²) in [6, 6.07) is 4.44. The minimum atomic E-state index is -1.26. The molecule has 0 radical (unpaired) electrons. The lowest BCUT2D eigenvalue weighted by atomic mass is 10.1. The summed E-state index contributed by atoms with van der Waals surface area (Å²) < 4.78 is 6.01. The first-order valence-electron chi connectivity index (χ1n) is 9.76. The third-order valence-electron chi connectivity index (χ3n) is 4.44. The molecule has 3 N–H and O–H groups in total. The Bertz CT molecular complexity index is 854. The Kier molecular flexibility index (Phi) is 8.61. The van der Waals surface area contributed by atoms with Gasteiger partial charge in [-0.1, -0.05) is 11.6 Å². The molecule has 1 aromatic rings. The predicted molar refractivity (Wildman–Crippen MR) is 115 cm³/mol. The molecule has 162 valence electrons. The third-order valence-corrected chi connectivity index (χ3v) is 4.44. The van der Waals surface area contributed by atoms with E-state index < -0.39 is 11.9 Å². The summed E-state index contributed by atoms with van der Waals surface area (Å²) in [4.78, 5) is 26.0. The number of aliphatic imine (C=N–C) groups is 1. The van der Waals surface area contributed by atoms with E-state index in [4.69, 9.17) is 14.9 Å². The van der Waals surface area contributed by atoms with Crippen molar-refractivity contribution >= 4 is 17.8 Å². The van der Waals surface area contributed by atoms with Crippen molar-refractivity contribution in [3.63, 3.8) is 0 Å². The Morgan fingerprint density at radius 1 is 1.20 bits per heavy atom. The van der Waals surface area contributed by atoms with Gasteiger partial charge in [0.25, 0.3) is 0 Å². The number of hydrogen-bond acceptors (Lipinski definition) is 6. The number of aliphatic carboxylic acids is 2. The maximum Gasteiger partial charge on any atom is 0.328 e. The van der Waals surface area contributed by atoms with Gasteiger partial charge in [-0.3, -0.25) is 9.89 Å². The zero-order valence-corrected chi connectivity index (χ0v) is 17.6. The summed E-state index contributed by atoms with van der Waals surface area (Å²) in [5.74, 6) is -0.354. The summed E-state index contributed by atoms with van der Waals surface area (Å²) in [5, 5.41) is 19.0. The van der Waals surface area contributed by atoms with E-state index in [-0.39, 0.29) is 0 Å². The molecule has 0 amide bonds. The van der Waals surface area contributed by atoms with E-state index in [2.05, 4.69) is 54.2 Å². The highest BCUT2D eigenvalue weighted by Crippen LogP contribution is 2.32. The largest absolute Gasteiger partial charge is 0.489 e. The van der Waals surface area contributed by atoms with Crippen LogP contribution in [-0.2, 0) is 22.7 Å². The number of aryl methyl sites for hydroxylation is 1. The quantitative estimate of drug-likeness (QED) is 0.463. The molecule has 2 aliphatic heterocycles. The maximum absolute atomic E-state index is 9.55. The molecular weight excluding hydrogens is 386 g/mol. The van der Waals surface area contributed by atoms with Crippen molar-refractivity contribution in [3.8, 4) is 5.75 Å². The van der Waals surface area contributed by atoms with Crippen LogP contribution in [0.25, 0.3) is 0 Å². The van der Waals surface area contributed by atoms with Crippen LogP contribution in [0.2, 0.25) is 0 Å². The molecule has 0 aliphatic carbocycles. The number of ether oxygens (including phenoxy) is 1. The van der Waals surface area contributed by atoms with Crippen LogP contribution in [-0.4, -0.2) is 59.1 Å². The first kappa shape index (κ1) is 23.2. The summed E-state index contributed by atoms with van der Waals surface area (Å²) >= 11 is 0. The topological polar surface area (TPSA) is 111 Å². The fourth-order valence-corrected chi connectivity index (χ4v) is 3.14. The highest BCUT2D eigenvalue weighted by Gasteiger charge is 2.24. The number of carbonyl (C=O) groups is 2. The second-order valence-corrected chi connectivity index (χ2v) is 7.40. The van der Waals surface area contributed by atoms with E-state index in [0.717, 1.165) is 44.3 Å². The number of nitrogens with one attached hydrogen (secondary N) is 1. The smallest absolute Gasteiger partial charge is 0.328 e. The van der Waals surface area contributed by atoms with Crippen molar-refractivity contribution in [1.82, 2.24) is 10.2 Å². The van der Waals surface area contributed by atoms with Crippen LogP contribution >= 0.6 is 0 Å². The van der Waals surface area contributed by atoms with Crippen molar-refractivity contribution in [1.29, 1.82) is 0 Å².